The van der Waals surface area contributed by atoms with Gasteiger partial charge in [-0.05, 0) is 23.8 Å². The highest BCUT2D eigenvalue weighted by Gasteiger charge is 2.40. The number of carbonyl (C=O) groups excluding carboxylic acids is 1. The lowest BCUT2D eigenvalue weighted by Crippen LogP contribution is -2.34. The van der Waals surface area contributed by atoms with Crippen molar-refractivity contribution >= 4 is 27.5 Å². The number of fused-ring (bicyclic) bond motifs is 1. The molecule has 1 amide bonds. The molecule has 0 unspecified atom stereocenters. The van der Waals surface area contributed by atoms with Gasteiger partial charge in [-0.15, -0.1) is 0 Å². The van der Waals surface area contributed by atoms with Crippen LogP contribution in [0.5, 0.6) is 0 Å². The fourth-order valence-electron chi connectivity index (χ4n) is 2.73. The van der Waals surface area contributed by atoms with Gasteiger partial charge >= 0.3 is 0 Å². The summed E-state index contributed by atoms with van der Waals surface area (Å²) in [6, 6.07) is 5.55. The quantitative estimate of drug-likeness (QED) is 0.790. The van der Waals surface area contributed by atoms with Crippen molar-refractivity contribution in [2.45, 2.75) is 25.7 Å². The predicted molar refractivity (Wildman–Crippen MR) is 80.3 cm³/mol. The van der Waals surface area contributed by atoms with E-state index in [0.717, 1.165) is 16.4 Å². The molecule has 7 heteroatoms. The van der Waals surface area contributed by atoms with Gasteiger partial charge in [0.2, 0.25) is 5.76 Å². The second-order valence-corrected chi connectivity index (χ2v) is 6.72. The van der Waals surface area contributed by atoms with Crippen LogP contribution in [-0.2, 0) is 5.41 Å². The maximum atomic E-state index is 12.9. The molecule has 2 heterocycles. The highest BCUT2D eigenvalue weighted by molar-refractivity contribution is 9.10. The van der Waals surface area contributed by atoms with E-state index in [-0.39, 0.29) is 5.41 Å². The van der Waals surface area contributed by atoms with Crippen molar-refractivity contribution in [1.82, 2.24) is 4.98 Å². The van der Waals surface area contributed by atoms with Crippen LogP contribution >= 0.6 is 15.9 Å². The van der Waals surface area contributed by atoms with Gasteiger partial charge in [-0.1, -0.05) is 29.8 Å². The molecular weight excluding hydrogens is 358 g/mol. The standard InChI is InChI=1S/C15H13BrF2N2O2/c1-15(2)6-20(10-4-3-8(16)5-9(10)15)14(21)12-11(13(17)18)19-7-22-12/h3-5,7,13H,6H2,1-2H3. The smallest absolute Gasteiger partial charge is 0.296 e. The maximum absolute atomic E-state index is 12.9. The lowest BCUT2D eigenvalue weighted by atomic mass is 9.87. The van der Waals surface area contributed by atoms with Crippen molar-refractivity contribution in [3.63, 3.8) is 0 Å². The van der Waals surface area contributed by atoms with Crippen LogP contribution in [0.3, 0.4) is 0 Å². The molecule has 0 bridgehead atoms. The van der Waals surface area contributed by atoms with Gasteiger partial charge in [0, 0.05) is 22.1 Å². The molecule has 1 aromatic heterocycles. The molecule has 22 heavy (non-hydrogen) atoms. The Morgan fingerprint density at radius 1 is 1.45 bits per heavy atom. The van der Waals surface area contributed by atoms with Gasteiger partial charge in [-0.25, -0.2) is 13.8 Å². The molecular formula is C15H13BrF2N2O2. The molecule has 3 rings (SSSR count). The monoisotopic (exact) mass is 370 g/mol. The Bertz CT molecular complexity index is 743. The molecule has 0 radical (unpaired) electrons. The summed E-state index contributed by atoms with van der Waals surface area (Å²) in [5.74, 6) is -0.997. The first-order valence-corrected chi connectivity index (χ1v) is 7.44. The van der Waals surface area contributed by atoms with Gasteiger partial charge in [-0.3, -0.25) is 4.79 Å². The lowest BCUT2D eigenvalue weighted by Gasteiger charge is -2.20. The molecule has 0 N–H and O–H groups in total. The third-order valence-corrected chi connectivity index (χ3v) is 4.27. The SMILES string of the molecule is CC1(C)CN(C(=O)c2ocnc2C(F)F)c2ccc(Br)cc21. The number of halogens is 3. The van der Waals surface area contributed by atoms with E-state index < -0.39 is 23.8 Å². The van der Waals surface area contributed by atoms with Crippen LogP contribution in [0.1, 0.15) is 42.1 Å². The van der Waals surface area contributed by atoms with E-state index in [2.05, 4.69) is 20.9 Å². The molecule has 1 aromatic carbocycles. The molecule has 0 atom stereocenters. The minimum absolute atomic E-state index is 0.278. The normalized spacial score (nSPS) is 16.2. The molecule has 4 nitrogen and oxygen atoms in total. The van der Waals surface area contributed by atoms with Crippen molar-refractivity contribution in [3.05, 3.63) is 46.1 Å². The van der Waals surface area contributed by atoms with E-state index >= 15 is 0 Å². The number of rotatable bonds is 2. The van der Waals surface area contributed by atoms with Gasteiger partial charge in [0.05, 0.1) is 0 Å². The molecule has 2 aromatic rings. The van der Waals surface area contributed by atoms with E-state index in [1.54, 1.807) is 6.07 Å². The number of alkyl halides is 2. The van der Waals surface area contributed by atoms with Crippen LogP contribution < -0.4 is 4.90 Å². The van der Waals surface area contributed by atoms with E-state index in [1.807, 2.05) is 26.0 Å². The summed E-state index contributed by atoms with van der Waals surface area (Å²) in [6.45, 7) is 4.39. The van der Waals surface area contributed by atoms with Crippen molar-refractivity contribution < 1.29 is 18.0 Å². The van der Waals surface area contributed by atoms with Crippen LogP contribution in [0.4, 0.5) is 14.5 Å². The Balaban J connectivity index is 2.04. The first kappa shape index (κ1) is 15.1. The summed E-state index contributed by atoms with van der Waals surface area (Å²) in [5.41, 5.74) is 0.788. The lowest BCUT2D eigenvalue weighted by molar-refractivity contribution is 0.0940. The molecule has 0 saturated carbocycles. The minimum atomic E-state index is -2.85. The highest BCUT2D eigenvalue weighted by Crippen LogP contribution is 2.42. The third kappa shape index (κ3) is 2.33. The number of nitrogens with zero attached hydrogens (tertiary/aromatic N) is 2. The van der Waals surface area contributed by atoms with Crippen LogP contribution in [0.2, 0.25) is 0 Å². The fourth-order valence-corrected chi connectivity index (χ4v) is 3.09. The number of aromatic nitrogens is 1. The Labute approximate surface area is 134 Å². The molecule has 0 aliphatic carbocycles. The topological polar surface area (TPSA) is 46.3 Å². The summed E-state index contributed by atoms with van der Waals surface area (Å²) in [7, 11) is 0. The molecule has 0 saturated heterocycles. The van der Waals surface area contributed by atoms with Crippen molar-refractivity contribution in [2.75, 3.05) is 11.4 Å². The number of carbonyl (C=O) groups is 1. The zero-order valence-corrected chi connectivity index (χ0v) is 13.5. The van der Waals surface area contributed by atoms with Crippen LogP contribution in [0, 0.1) is 0 Å². The average Bonchev–Trinajstić information content (AvgIpc) is 3.02. The zero-order chi connectivity index (χ0) is 16.1. The number of hydrogen-bond donors (Lipinski definition) is 0. The second kappa shape index (κ2) is 5.15. The summed E-state index contributed by atoms with van der Waals surface area (Å²) >= 11 is 3.41. The van der Waals surface area contributed by atoms with Crippen LogP contribution in [-0.4, -0.2) is 17.4 Å². The van der Waals surface area contributed by atoms with Crippen molar-refractivity contribution in [3.8, 4) is 0 Å². The molecule has 0 fully saturated rings. The van der Waals surface area contributed by atoms with E-state index in [9.17, 15) is 13.6 Å². The largest absolute Gasteiger partial charge is 0.438 e. The summed E-state index contributed by atoms with van der Waals surface area (Å²) < 4.78 is 31.6. The predicted octanol–water partition coefficient (Wildman–Crippen LogP) is 4.31. The van der Waals surface area contributed by atoms with Crippen molar-refractivity contribution in [1.29, 1.82) is 0 Å². The number of benzene rings is 1. The Morgan fingerprint density at radius 3 is 2.86 bits per heavy atom. The second-order valence-electron chi connectivity index (χ2n) is 5.80. The van der Waals surface area contributed by atoms with Crippen LogP contribution in [0.25, 0.3) is 0 Å². The minimum Gasteiger partial charge on any atom is -0.438 e. The molecule has 1 aliphatic rings. The third-order valence-electron chi connectivity index (χ3n) is 3.77. The molecule has 116 valence electrons. The fraction of sp³-hybridized carbons (Fsp3) is 0.333. The average molecular weight is 371 g/mol. The first-order valence-electron chi connectivity index (χ1n) is 6.64. The Kier molecular flexibility index (Phi) is 3.55. The Hall–Kier alpha value is -1.76. The van der Waals surface area contributed by atoms with E-state index in [1.165, 1.54) is 4.90 Å². The number of hydrogen-bond acceptors (Lipinski definition) is 3. The van der Waals surface area contributed by atoms with Crippen molar-refractivity contribution in [2.24, 2.45) is 0 Å². The van der Waals surface area contributed by atoms with Gasteiger partial charge in [-0.2, -0.15) is 0 Å². The van der Waals surface area contributed by atoms with Gasteiger partial charge in [0.15, 0.2) is 12.1 Å². The molecule has 1 aliphatic heterocycles. The summed E-state index contributed by atoms with van der Waals surface area (Å²) in [4.78, 5) is 17.5. The number of anilines is 1. The molecule has 0 spiro atoms. The highest BCUT2D eigenvalue weighted by atomic mass is 79.9. The Morgan fingerprint density at radius 2 is 2.18 bits per heavy atom. The van der Waals surface area contributed by atoms with Gasteiger partial charge in [0.25, 0.3) is 12.3 Å². The number of oxazole rings is 1. The van der Waals surface area contributed by atoms with Gasteiger partial charge in [0.1, 0.15) is 0 Å². The van der Waals surface area contributed by atoms with E-state index in [4.69, 9.17) is 4.42 Å². The van der Waals surface area contributed by atoms with Gasteiger partial charge < -0.3 is 9.32 Å². The van der Waals surface area contributed by atoms with Crippen LogP contribution in [0.15, 0.2) is 33.5 Å². The number of amides is 1. The first-order chi connectivity index (χ1) is 10.3. The summed E-state index contributed by atoms with van der Waals surface area (Å²) in [5, 5.41) is 0. The van der Waals surface area contributed by atoms with E-state index in [0.29, 0.717) is 12.2 Å². The summed E-state index contributed by atoms with van der Waals surface area (Å²) in [6.07, 6.45) is -1.98. The maximum Gasteiger partial charge on any atom is 0.296 e. The zero-order valence-electron chi connectivity index (χ0n) is 11.9.